The van der Waals surface area contributed by atoms with Gasteiger partial charge in [-0.3, -0.25) is 16.0 Å². The van der Waals surface area contributed by atoms with Gasteiger partial charge in [0.05, 0.1) is 5.69 Å². The van der Waals surface area contributed by atoms with E-state index in [9.17, 15) is 0 Å². The number of nitrogens with two attached hydrogens (primary N) is 1. The van der Waals surface area contributed by atoms with Gasteiger partial charge in [-0.2, -0.15) is 5.10 Å². The van der Waals surface area contributed by atoms with E-state index in [0.717, 1.165) is 25.0 Å². The lowest BCUT2D eigenvalue weighted by atomic mass is 9.99. The largest absolute Gasteiger partial charge is 0.272 e. The predicted molar refractivity (Wildman–Crippen MR) is 71.5 cm³/mol. The van der Waals surface area contributed by atoms with Gasteiger partial charge in [0.2, 0.25) is 0 Å². The fraction of sp³-hybridized carbons (Fsp3) is 0.615. The van der Waals surface area contributed by atoms with Crippen LogP contribution in [0.5, 0.6) is 0 Å². The number of aryl methyl sites for hydroxylation is 2. The number of aromatic nitrogens is 2. The molecule has 0 spiro atoms. The van der Waals surface area contributed by atoms with Gasteiger partial charge >= 0.3 is 0 Å². The van der Waals surface area contributed by atoms with Crippen LogP contribution in [0.3, 0.4) is 0 Å². The molecule has 0 fully saturated rings. The molecule has 1 aromatic heterocycles. The van der Waals surface area contributed by atoms with E-state index >= 15 is 0 Å². The maximum Gasteiger partial charge on any atom is 0.0628 e. The average molecular weight is 236 g/mol. The van der Waals surface area contributed by atoms with Gasteiger partial charge in [0.25, 0.3) is 0 Å². The topological polar surface area (TPSA) is 55.9 Å². The summed E-state index contributed by atoms with van der Waals surface area (Å²) < 4.78 is 1.93. The van der Waals surface area contributed by atoms with Crippen LogP contribution in [0.25, 0.3) is 0 Å². The molecule has 1 atom stereocenters. The lowest BCUT2D eigenvalue weighted by Gasteiger charge is -2.16. The molecule has 4 nitrogen and oxygen atoms in total. The third kappa shape index (κ3) is 3.68. The highest BCUT2D eigenvalue weighted by atomic mass is 15.3. The Morgan fingerprint density at radius 2 is 2.18 bits per heavy atom. The van der Waals surface area contributed by atoms with Crippen LogP contribution in [0, 0.1) is 13.8 Å². The summed E-state index contributed by atoms with van der Waals surface area (Å²) in [7, 11) is 1.98. The van der Waals surface area contributed by atoms with Crippen LogP contribution >= 0.6 is 0 Å². The Labute approximate surface area is 104 Å². The summed E-state index contributed by atoms with van der Waals surface area (Å²) in [5.74, 6) is 5.61. The molecule has 1 aromatic rings. The van der Waals surface area contributed by atoms with E-state index in [1.54, 1.807) is 0 Å². The standard InChI is InChI=1S/C13H24N4/c1-9(2)6-7-12(15-14)8-13-10(3)16-17(5)11(13)4/h12,15H,1,6-8,14H2,2-5H3. The molecule has 0 radical (unpaired) electrons. The zero-order chi connectivity index (χ0) is 13.0. The summed E-state index contributed by atoms with van der Waals surface area (Å²) in [6.07, 6.45) is 2.95. The van der Waals surface area contributed by atoms with Crippen LogP contribution in [-0.4, -0.2) is 15.8 Å². The molecule has 0 bridgehead atoms. The highest BCUT2D eigenvalue weighted by Crippen LogP contribution is 2.16. The Morgan fingerprint density at radius 1 is 1.53 bits per heavy atom. The number of hydrazine groups is 1. The van der Waals surface area contributed by atoms with Crippen LogP contribution in [-0.2, 0) is 13.5 Å². The minimum Gasteiger partial charge on any atom is -0.272 e. The second-order valence-corrected chi connectivity index (χ2v) is 4.84. The third-order valence-electron chi connectivity index (χ3n) is 3.26. The highest BCUT2D eigenvalue weighted by Gasteiger charge is 2.14. The summed E-state index contributed by atoms with van der Waals surface area (Å²) in [4.78, 5) is 0. The van der Waals surface area contributed by atoms with Gasteiger partial charge in [0.15, 0.2) is 0 Å². The molecule has 96 valence electrons. The molecule has 0 saturated heterocycles. The monoisotopic (exact) mass is 236 g/mol. The van der Waals surface area contributed by atoms with Crippen molar-refractivity contribution < 1.29 is 0 Å². The number of hydrogen-bond acceptors (Lipinski definition) is 3. The first-order chi connectivity index (χ1) is 7.95. The molecule has 0 saturated carbocycles. The molecule has 3 N–H and O–H groups in total. The van der Waals surface area contributed by atoms with Crippen molar-refractivity contribution in [2.24, 2.45) is 12.9 Å². The zero-order valence-corrected chi connectivity index (χ0v) is 11.4. The van der Waals surface area contributed by atoms with Crippen molar-refractivity contribution in [3.63, 3.8) is 0 Å². The first-order valence-corrected chi connectivity index (χ1v) is 6.05. The van der Waals surface area contributed by atoms with Crippen molar-refractivity contribution >= 4 is 0 Å². The van der Waals surface area contributed by atoms with Crippen molar-refractivity contribution in [2.45, 2.75) is 46.1 Å². The molecule has 4 heteroatoms. The fourth-order valence-electron chi connectivity index (χ4n) is 2.02. The summed E-state index contributed by atoms with van der Waals surface area (Å²) in [6, 6.07) is 0.285. The Kier molecular flexibility index (Phi) is 4.90. The number of rotatable bonds is 6. The van der Waals surface area contributed by atoms with Gasteiger partial charge in [-0.25, -0.2) is 0 Å². The van der Waals surface area contributed by atoms with E-state index in [2.05, 4.69) is 31.0 Å². The van der Waals surface area contributed by atoms with Gasteiger partial charge < -0.3 is 0 Å². The zero-order valence-electron chi connectivity index (χ0n) is 11.4. The van der Waals surface area contributed by atoms with Gasteiger partial charge in [-0.05, 0) is 45.6 Å². The van der Waals surface area contributed by atoms with Crippen molar-refractivity contribution in [3.8, 4) is 0 Å². The predicted octanol–water partition coefficient (Wildman–Crippen LogP) is 1.77. The second-order valence-electron chi connectivity index (χ2n) is 4.84. The molecule has 0 aliphatic rings. The van der Waals surface area contributed by atoms with Crippen LogP contribution in [0.1, 0.15) is 36.7 Å². The second kappa shape index (κ2) is 5.98. The van der Waals surface area contributed by atoms with Crippen LogP contribution in [0.4, 0.5) is 0 Å². The van der Waals surface area contributed by atoms with Crippen LogP contribution in [0.2, 0.25) is 0 Å². The minimum absolute atomic E-state index is 0.285. The normalized spacial score (nSPS) is 12.8. The first kappa shape index (κ1) is 13.9. The van der Waals surface area contributed by atoms with Crippen LogP contribution < -0.4 is 11.3 Å². The maximum absolute atomic E-state index is 5.61. The smallest absolute Gasteiger partial charge is 0.0628 e. The number of hydrogen-bond donors (Lipinski definition) is 2. The van der Waals surface area contributed by atoms with Gasteiger partial charge in [0, 0.05) is 18.8 Å². The molecule has 0 aliphatic carbocycles. The number of allylic oxidation sites excluding steroid dienone is 1. The quantitative estimate of drug-likeness (QED) is 0.449. The molecule has 17 heavy (non-hydrogen) atoms. The molecule has 1 rings (SSSR count). The third-order valence-corrected chi connectivity index (χ3v) is 3.26. The van der Waals surface area contributed by atoms with Crippen molar-refractivity contribution in [1.29, 1.82) is 0 Å². The van der Waals surface area contributed by atoms with Gasteiger partial charge in [-0.1, -0.05) is 5.57 Å². The maximum atomic E-state index is 5.61. The SMILES string of the molecule is C=C(C)CCC(Cc1c(C)nn(C)c1C)NN. The lowest BCUT2D eigenvalue weighted by molar-refractivity contribution is 0.489. The summed E-state index contributed by atoms with van der Waals surface area (Å²) in [5, 5.41) is 4.42. The molecule has 0 aromatic carbocycles. The minimum atomic E-state index is 0.285. The lowest BCUT2D eigenvalue weighted by Crippen LogP contribution is -2.37. The van der Waals surface area contributed by atoms with Crippen molar-refractivity contribution in [3.05, 3.63) is 29.1 Å². The molecule has 0 amide bonds. The van der Waals surface area contributed by atoms with E-state index in [1.165, 1.54) is 16.8 Å². The van der Waals surface area contributed by atoms with Gasteiger partial charge in [0.1, 0.15) is 0 Å². The van der Waals surface area contributed by atoms with E-state index in [-0.39, 0.29) is 6.04 Å². The Bertz CT molecular complexity index is 392. The number of nitrogens with one attached hydrogen (secondary N) is 1. The summed E-state index contributed by atoms with van der Waals surface area (Å²) in [6.45, 7) is 10.1. The van der Waals surface area contributed by atoms with Gasteiger partial charge in [-0.15, -0.1) is 6.58 Å². The molecule has 1 unspecified atom stereocenters. The first-order valence-electron chi connectivity index (χ1n) is 6.05. The molecule has 1 heterocycles. The Morgan fingerprint density at radius 3 is 2.59 bits per heavy atom. The van der Waals surface area contributed by atoms with Crippen molar-refractivity contribution in [1.82, 2.24) is 15.2 Å². The summed E-state index contributed by atoms with van der Waals surface area (Å²) in [5.41, 5.74) is 7.71. The average Bonchev–Trinajstić information content (AvgIpc) is 2.49. The summed E-state index contributed by atoms with van der Waals surface area (Å²) >= 11 is 0. The Balaban J connectivity index is 2.70. The van der Waals surface area contributed by atoms with E-state index in [1.807, 2.05) is 18.7 Å². The molecule has 0 aliphatic heterocycles. The van der Waals surface area contributed by atoms with E-state index in [4.69, 9.17) is 5.84 Å². The fourth-order valence-corrected chi connectivity index (χ4v) is 2.02. The Hall–Kier alpha value is -1.13. The molecular weight excluding hydrogens is 212 g/mol. The van der Waals surface area contributed by atoms with E-state index in [0.29, 0.717) is 0 Å². The number of nitrogens with zero attached hydrogens (tertiary/aromatic N) is 2. The molecular formula is C13H24N4. The van der Waals surface area contributed by atoms with Crippen LogP contribution in [0.15, 0.2) is 12.2 Å². The highest BCUT2D eigenvalue weighted by molar-refractivity contribution is 5.25. The van der Waals surface area contributed by atoms with E-state index < -0.39 is 0 Å². The van der Waals surface area contributed by atoms with Crippen molar-refractivity contribution in [2.75, 3.05) is 0 Å².